The van der Waals surface area contributed by atoms with Crippen LogP contribution in [0.3, 0.4) is 0 Å². The predicted octanol–water partition coefficient (Wildman–Crippen LogP) is 4.71. The largest absolute Gasteiger partial charge is 0.497 e. The molecule has 3 aromatic carbocycles. The zero-order valence-corrected chi connectivity index (χ0v) is 19.4. The van der Waals surface area contributed by atoms with E-state index >= 15 is 0 Å². The molecule has 0 bridgehead atoms. The van der Waals surface area contributed by atoms with Gasteiger partial charge in [0.15, 0.2) is 5.75 Å². The summed E-state index contributed by atoms with van der Waals surface area (Å²) in [5.74, 6) is 1.00. The van der Waals surface area contributed by atoms with Crippen LogP contribution in [0.5, 0.6) is 17.2 Å². The summed E-state index contributed by atoms with van der Waals surface area (Å²) in [4.78, 5) is 13.3. The maximum atomic E-state index is 13.3. The van der Waals surface area contributed by atoms with Crippen LogP contribution in [-0.4, -0.2) is 39.0 Å². The van der Waals surface area contributed by atoms with Gasteiger partial charge in [0.25, 0.3) is 0 Å². The van der Waals surface area contributed by atoms with E-state index in [4.69, 9.17) is 21.1 Å². The molecular formula is C23H23ClN2O5S. The van der Waals surface area contributed by atoms with E-state index in [1.807, 2.05) is 0 Å². The Bertz CT molecular complexity index is 1180. The maximum Gasteiger partial charge on any atom is 0.247 e. The Kier molecular flexibility index (Phi) is 7.40. The van der Waals surface area contributed by atoms with Gasteiger partial charge in [-0.2, -0.15) is 4.31 Å². The highest BCUT2D eigenvalue weighted by atomic mass is 35.5. The number of anilines is 1. The van der Waals surface area contributed by atoms with E-state index in [0.29, 0.717) is 33.5 Å². The number of sulfonamides is 1. The zero-order valence-electron chi connectivity index (χ0n) is 17.8. The Balaban J connectivity index is 1.93. The SMILES string of the molecule is COc1ccc(Oc2ccc(Cl)cc2NC(=O)[C@@H](c2ccccc2)N(C)S(C)(=O)=O)cc1. The van der Waals surface area contributed by atoms with Crippen molar-refractivity contribution in [2.45, 2.75) is 6.04 Å². The van der Waals surface area contributed by atoms with Gasteiger partial charge in [-0.3, -0.25) is 4.79 Å². The van der Waals surface area contributed by atoms with Gasteiger partial charge < -0.3 is 14.8 Å². The van der Waals surface area contributed by atoms with E-state index in [1.54, 1.807) is 79.9 Å². The summed E-state index contributed by atoms with van der Waals surface area (Å²) in [7, 11) is -0.728. The van der Waals surface area contributed by atoms with Crippen LogP contribution in [0, 0.1) is 0 Å². The molecule has 32 heavy (non-hydrogen) atoms. The van der Waals surface area contributed by atoms with Crippen LogP contribution in [0.15, 0.2) is 72.8 Å². The first-order chi connectivity index (χ1) is 15.2. The molecule has 168 valence electrons. The molecule has 0 radical (unpaired) electrons. The van der Waals surface area contributed by atoms with Gasteiger partial charge in [-0.15, -0.1) is 0 Å². The average molecular weight is 475 g/mol. The third-order valence-electron chi connectivity index (χ3n) is 4.74. The topological polar surface area (TPSA) is 84.9 Å². The second-order valence-corrected chi connectivity index (χ2v) is 9.48. The summed E-state index contributed by atoms with van der Waals surface area (Å²) in [6, 6.07) is 19.3. The molecule has 3 rings (SSSR count). The Hall–Kier alpha value is -3.07. The minimum absolute atomic E-state index is 0.307. The average Bonchev–Trinajstić information content (AvgIpc) is 2.76. The number of nitrogens with one attached hydrogen (secondary N) is 1. The molecule has 1 atom stereocenters. The summed E-state index contributed by atoms with van der Waals surface area (Å²) >= 11 is 6.14. The first kappa shape index (κ1) is 23.6. The Morgan fingerprint density at radius 2 is 1.62 bits per heavy atom. The number of rotatable bonds is 8. The third-order valence-corrected chi connectivity index (χ3v) is 6.23. The van der Waals surface area contributed by atoms with Gasteiger partial charge in [-0.05, 0) is 48.0 Å². The molecule has 3 aromatic rings. The van der Waals surface area contributed by atoms with E-state index in [-0.39, 0.29) is 0 Å². The van der Waals surface area contributed by atoms with Gasteiger partial charge in [-0.1, -0.05) is 41.9 Å². The molecule has 0 aliphatic carbocycles. The number of likely N-dealkylation sites (N-methyl/N-ethyl adjacent to an activating group) is 1. The summed E-state index contributed by atoms with van der Waals surface area (Å²) in [5.41, 5.74) is 0.832. The number of benzene rings is 3. The van der Waals surface area contributed by atoms with Crippen molar-refractivity contribution in [1.82, 2.24) is 4.31 Å². The molecule has 0 unspecified atom stereocenters. The highest BCUT2D eigenvalue weighted by molar-refractivity contribution is 7.88. The van der Waals surface area contributed by atoms with Crippen molar-refractivity contribution in [3.63, 3.8) is 0 Å². The maximum absolute atomic E-state index is 13.3. The fourth-order valence-corrected chi connectivity index (χ4v) is 3.79. The molecule has 0 aliphatic heterocycles. The number of methoxy groups -OCH3 is 1. The van der Waals surface area contributed by atoms with Gasteiger partial charge >= 0.3 is 0 Å². The van der Waals surface area contributed by atoms with Gasteiger partial charge in [0.2, 0.25) is 15.9 Å². The number of hydrogen-bond acceptors (Lipinski definition) is 5. The number of carbonyl (C=O) groups excluding carboxylic acids is 1. The second kappa shape index (κ2) is 10.0. The highest BCUT2D eigenvalue weighted by Crippen LogP contribution is 2.34. The lowest BCUT2D eigenvalue weighted by molar-refractivity contribution is -0.119. The van der Waals surface area contributed by atoms with E-state index in [0.717, 1.165) is 10.6 Å². The van der Waals surface area contributed by atoms with Crippen molar-refractivity contribution in [1.29, 1.82) is 0 Å². The van der Waals surface area contributed by atoms with Crippen LogP contribution in [0.4, 0.5) is 5.69 Å². The van der Waals surface area contributed by atoms with Crippen LogP contribution >= 0.6 is 11.6 Å². The molecule has 0 aromatic heterocycles. The number of carbonyl (C=O) groups is 1. The van der Waals surface area contributed by atoms with Gasteiger partial charge in [0.1, 0.15) is 17.5 Å². The van der Waals surface area contributed by atoms with Crippen LogP contribution in [0.1, 0.15) is 11.6 Å². The van der Waals surface area contributed by atoms with E-state index < -0.39 is 22.0 Å². The molecule has 0 aliphatic rings. The van der Waals surface area contributed by atoms with Crippen LogP contribution < -0.4 is 14.8 Å². The van der Waals surface area contributed by atoms with E-state index in [2.05, 4.69) is 5.32 Å². The monoisotopic (exact) mass is 474 g/mol. The quantitative estimate of drug-likeness (QED) is 0.511. The molecular weight excluding hydrogens is 452 g/mol. The highest BCUT2D eigenvalue weighted by Gasteiger charge is 2.31. The Morgan fingerprint density at radius 3 is 2.22 bits per heavy atom. The second-order valence-electron chi connectivity index (χ2n) is 7.00. The summed E-state index contributed by atoms with van der Waals surface area (Å²) < 4.78 is 36.5. The van der Waals surface area contributed by atoms with E-state index in [9.17, 15) is 13.2 Å². The third kappa shape index (κ3) is 5.79. The lowest BCUT2D eigenvalue weighted by atomic mass is 10.1. The first-order valence-corrected chi connectivity index (χ1v) is 11.8. The minimum atomic E-state index is -3.66. The van der Waals surface area contributed by atoms with Crippen LogP contribution in [0.25, 0.3) is 0 Å². The minimum Gasteiger partial charge on any atom is -0.497 e. The summed E-state index contributed by atoms with van der Waals surface area (Å²) in [6.45, 7) is 0. The molecule has 0 spiro atoms. The molecule has 9 heteroatoms. The van der Waals surface area contributed by atoms with E-state index in [1.165, 1.54) is 7.05 Å². The smallest absolute Gasteiger partial charge is 0.247 e. The number of ether oxygens (including phenoxy) is 2. The molecule has 1 N–H and O–H groups in total. The van der Waals surface area contributed by atoms with Crippen molar-refractivity contribution in [3.05, 3.63) is 83.4 Å². The Labute approximate surface area is 192 Å². The van der Waals surface area contributed by atoms with Crippen molar-refractivity contribution >= 4 is 33.2 Å². The predicted molar refractivity (Wildman–Crippen MR) is 125 cm³/mol. The van der Waals surface area contributed by atoms with Gasteiger partial charge in [0, 0.05) is 12.1 Å². The molecule has 0 saturated carbocycles. The lowest BCUT2D eigenvalue weighted by Crippen LogP contribution is -2.38. The van der Waals surface area contributed by atoms with Crippen LogP contribution in [0.2, 0.25) is 5.02 Å². The molecule has 1 amide bonds. The zero-order chi connectivity index (χ0) is 23.3. The number of amides is 1. The van der Waals surface area contributed by atoms with Crippen molar-refractivity contribution in [2.24, 2.45) is 0 Å². The Morgan fingerprint density at radius 1 is 1.00 bits per heavy atom. The van der Waals surface area contributed by atoms with Crippen LogP contribution in [-0.2, 0) is 14.8 Å². The van der Waals surface area contributed by atoms with Crippen molar-refractivity contribution < 1.29 is 22.7 Å². The van der Waals surface area contributed by atoms with Gasteiger partial charge in [0.05, 0.1) is 19.1 Å². The first-order valence-electron chi connectivity index (χ1n) is 9.59. The number of halogens is 1. The molecule has 0 fully saturated rings. The van der Waals surface area contributed by atoms with Crippen molar-refractivity contribution in [3.8, 4) is 17.2 Å². The van der Waals surface area contributed by atoms with Crippen molar-refractivity contribution in [2.75, 3.05) is 25.7 Å². The summed E-state index contributed by atoms with van der Waals surface area (Å²) in [6.07, 6.45) is 1.05. The fraction of sp³-hybridized carbons (Fsp3) is 0.174. The number of nitrogens with zero attached hydrogens (tertiary/aromatic N) is 1. The van der Waals surface area contributed by atoms with Gasteiger partial charge in [-0.25, -0.2) is 8.42 Å². The molecule has 0 heterocycles. The summed E-state index contributed by atoms with van der Waals surface area (Å²) in [5, 5.41) is 3.15. The molecule has 7 nitrogen and oxygen atoms in total. The fourth-order valence-electron chi connectivity index (χ4n) is 3.01. The number of hydrogen-bond donors (Lipinski definition) is 1. The lowest BCUT2D eigenvalue weighted by Gasteiger charge is -2.26. The standard InChI is InChI=1S/C23H23ClN2O5S/c1-26(32(3,28)29)22(16-7-5-4-6-8-16)23(27)25-20-15-17(24)9-14-21(20)31-19-12-10-18(30-2)11-13-19/h4-15,22H,1-3H3,(H,25,27)/t22-/m1/s1. The molecule has 0 saturated heterocycles. The normalized spacial score (nSPS) is 12.3.